The van der Waals surface area contributed by atoms with Gasteiger partial charge in [0.25, 0.3) is 11.1 Å². The molecule has 8 heteroatoms. The van der Waals surface area contributed by atoms with Crippen LogP contribution < -0.4 is 5.32 Å². The van der Waals surface area contributed by atoms with Crippen LogP contribution in [0.4, 0.5) is 10.1 Å². The zero-order valence-electron chi connectivity index (χ0n) is 14.3. The molecule has 2 aromatic heterocycles. The normalized spacial score (nSPS) is 11.0. The molecule has 0 atom stereocenters. The summed E-state index contributed by atoms with van der Waals surface area (Å²) in [4.78, 5) is 15.3. The molecule has 0 aliphatic carbocycles. The summed E-state index contributed by atoms with van der Waals surface area (Å²) in [6.07, 6.45) is 1.81. The van der Waals surface area contributed by atoms with E-state index in [0.29, 0.717) is 16.8 Å². The van der Waals surface area contributed by atoms with Crippen molar-refractivity contribution in [1.29, 1.82) is 0 Å². The van der Waals surface area contributed by atoms with Gasteiger partial charge in [-0.15, -0.1) is 10.2 Å². The number of benzene rings is 2. The molecule has 0 aliphatic heterocycles. The summed E-state index contributed by atoms with van der Waals surface area (Å²) < 4.78 is 19.0. The third-order valence-corrected chi connectivity index (χ3v) is 4.85. The van der Waals surface area contributed by atoms with E-state index in [-0.39, 0.29) is 11.7 Å². The predicted octanol–water partition coefficient (Wildman–Crippen LogP) is 4.40. The first kappa shape index (κ1) is 17.3. The van der Waals surface area contributed by atoms with Crippen LogP contribution in [-0.2, 0) is 4.79 Å². The summed E-state index contributed by atoms with van der Waals surface area (Å²) in [6.45, 7) is 1.80. The lowest BCUT2D eigenvalue weighted by atomic mass is 10.2. The fraction of sp³-hybridized carbons (Fsp3) is 0.105. The van der Waals surface area contributed by atoms with Crippen LogP contribution in [0.5, 0.6) is 0 Å². The van der Waals surface area contributed by atoms with E-state index in [4.69, 9.17) is 4.42 Å². The molecule has 0 saturated heterocycles. The van der Waals surface area contributed by atoms with Crippen molar-refractivity contribution >= 4 is 34.3 Å². The minimum atomic E-state index is -0.399. The number of aromatic amines is 1. The number of thioether (sulfide) groups is 1. The van der Waals surface area contributed by atoms with Gasteiger partial charge in [0.2, 0.25) is 5.91 Å². The Kier molecular flexibility index (Phi) is 4.64. The lowest BCUT2D eigenvalue weighted by Crippen LogP contribution is -2.15. The van der Waals surface area contributed by atoms with Gasteiger partial charge in [-0.1, -0.05) is 36.0 Å². The number of rotatable bonds is 5. The lowest BCUT2D eigenvalue weighted by Gasteiger charge is -2.07. The lowest BCUT2D eigenvalue weighted by molar-refractivity contribution is -0.113. The molecule has 4 rings (SSSR count). The number of H-pyrrole nitrogens is 1. The number of amides is 1. The maximum atomic E-state index is 13.3. The van der Waals surface area contributed by atoms with Crippen molar-refractivity contribution < 1.29 is 13.6 Å². The maximum Gasteiger partial charge on any atom is 0.277 e. The van der Waals surface area contributed by atoms with Gasteiger partial charge < -0.3 is 14.7 Å². The Morgan fingerprint density at radius 2 is 2.11 bits per heavy atom. The van der Waals surface area contributed by atoms with Crippen molar-refractivity contribution in [3.63, 3.8) is 0 Å². The number of aromatic nitrogens is 3. The summed E-state index contributed by atoms with van der Waals surface area (Å²) >= 11 is 1.13. The van der Waals surface area contributed by atoms with E-state index in [2.05, 4.69) is 20.5 Å². The number of hydrogen-bond acceptors (Lipinski definition) is 5. The second-order valence-electron chi connectivity index (χ2n) is 5.92. The zero-order valence-corrected chi connectivity index (χ0v) is 15.1. The fourth-order valence-corrected chi connectivity index (χ4v) is 3.23. The van der Waals surface area contributed by atoms with Crippen LogP contribution in [-0.4, -0.2) is 26.8 Å². The summed E-state index contributed by atoms with van der Waals surface area (Å²) in [5, 5.41) is 12.0. The molecule has 2 aromatic carbocycles. The molecule has 0 bridgehead atoms. The first-order chi connectivity index (χ1) is 13.1. The van der Waals surface area contributed by atoms with E-state index in [9.17, 15) is 9.18 Å². The van der Waals surface area contributed by atoms with Crippen molar-refractivity contribution in [2.24, 2.45) is 0 Å². The van der Waals surface area contributed by atoms with Gasteiger partial charge in [0.05, 0.1) is 11.3 Å². The minimum Gasteiger partial charge on any atom is -0.411 e. The first-order valence-corrected chi connectivity index (χ1v) is 9.17. The molecule has 0 fully saturated rings. The summed E-state index contributed by atoms with van der Waals surface area (Å²) in [6, 6.07) is 12.1. The van der Waals surface area contributed by atoms with Crippen LogP contribution >= 0.6 is 11.8 Å². The number of carbonyl (C=O) groups excluding carboxylic acids is 1. The van der Waals surface area contributed by atoms with Crippen LogP contribution in [0.2, 0.25) is 0 Å². The predicted molar refractivity (Wildman–Crippen MR) is 102 cm³/mol. The molecule has 2 N–H and O–H groups in total. The number of nitrogens with one attached hydrogen (secondary N) is 2. The molecule has 1 amide bonds. The summed E-state index contributed by atoms with van der Waals surface area (Å²) in [5.74, 6) is -0.216. The Morgan fingerprint density at radius 1 is 1.26 bits per heavy atom. The molecule has 2 heterocycles. The SMILES string of the molecule is Cc1ccc(F)cc1NC(=O)CSc1nnc(-c2c[nH]c3ccccc23)o1. The Bertz CT molecular complexity index is 1120. The zero-order chi connectivity index (χ0) is 18.8. The molecule has 0 saturated carbocycles. The molecular formula is C19H15FN4O2S. The number of hydrogen-bond donors (Lipinski definition) is 2. The Hall–Kier alpha value is -3.13. The third-order valence-electron chi connectivity index (χ3n) is 4.03. The largest absolute Gasteiger partial charge is 0.411 e. The average molecular weight is 382 g/mol. The molecule has 0 aliphatic rings. The minimum absolute atomic E-state index is 0.0749. The van der Waals surface area contributed by atoms with Gasteiger partial charge in [-0.05, 0) is 30.7 Å². The Labute approximate surface area is 158 Å². The van der Waals surface area contributed by atoms with Crippen LogP contribution in [0, 0.1) is 12.7 Å². The first-order valence-electron chi connectivity index (χ1n) is 8.19. The molecule has 27 heavy (non-hydrogen) atoms. The van der Waals surface area contributed by atoms with Crippen molar-refractivity contribution in [1.82, 2.24) is 15.2 Å². The highest BCUT2D eigenvalue weighted by Crippen LogP contribution is 2.29. The van der Waals surface area contributed by atoms with Crippen LogP contribution in [0.3, 0.4) is 0 Å². The van der Waals surface area contributed by atoms with Gasteiger partial charge in [0.15, 0.2) is 0 Å². The smallest absolute Gasteiger partial charge is 0.277 e. The van der Waals surface area contributed by atoms with E-state index in [0.717, 1.165) is 33.8 Å². The van der Waals surface area contributed by atoms with Gasteiger partial charge in [-0.25, -0.2) is 4.39 Å². The van der Waals surface area contributed by atoms with Gasteiger partial charge in [-0.2, -0.15) is 0 Å². The van der Waals surface area contributed by atoms with Crippen LogP contribution in [0.15, 0.2) is 58.3 Å². The molecule has 4 aromatic rings. The van der Waals surface area contributed by atoms with Gasteiger partial charge in [0.1, 0.15) is 5.82 Å². The number of fused-ring (bicyclic) bond motifs is 1. The number of carbonyl (C=O) groups is 1. The number of halogens is 1. The van der Waals surface area contributed by atoms with E-state index in [1.165, 1.54) is 12.1 Å². The Morgan fingerprint density at radius 3 is 3.00 bits per heavy atom. The quantitative estimate of drug-likeness (QED) is 0.500. The monoisotopic (exact) mass is 382 g/mol. The molecule has 0 spiro atoms. The molecular weight excluding hydrogens is 367 g/mol. The van der Waals surface area contributed by atoms with E-state index < -0.39 is 5.82 Å². The topological polar surface area (TPSA) is 83.8 Å². The number of para-hydroxylation sites is 1. The number of anilines is 1. The second kappa shape index (κ2) is 7.24. The standard InChI is InChI=1S/C19H15FN4O2S/c1-11-6-7-12(20)8-16(11)22-17(25)10-27-19-24-23-18(26-19)14-9-21-15-5-3-2-4-13(14)15/h2-9,21H,10H2,1H3,(H,22,25). The van der Waals surface area contributed by atoms with Crippen molar-refractivity contribution in [2.75, 3.05) is 11.1 Å². The molecule has 0 unspecified atom stereocenters. The van der Waals surface area contributed by atoms with E-state index in [1.807, 2.05) is 30.5 Å². The van der Waals surface area contributed by atoms with Crippen molar-refractivity contribution in [3.8, 4) is 11.5 Å². The summed E-state index contributed by atoms with van der Waals surface area (Å²) in [7, 11) is 0. The highest BCUT2D eigenvalue weighted by atomic mass is 32.2. The van der Waals surface area contributed by atoms with Gasteiger partial charge >= 0.3 is 0 Å². The molecule has 136 valence electrons. The highest BCUT2D eigenvalue weighted by Gasteiger charge is 2.15. The number of nitrogens with zero attached hydrogens (tertiary/aromatic N) is 2. The van der Waals surface area contributed by atoms with Crippen LogP contribution in [0.25, 0.3) is 22.4 Å². The van der Waals surface area contributed by atoms with Crippen molar-refractivity contribution in [3.05, 3.63) is 60.0 Å². The maximum absolute atomic E-state index is 13.3. The number of aryl methyl sites for hydroxylation is 1. The Balaban J connectivity index is 1.42. The van der Waals surface area contributed by atoms with E-state index >= 15 is 0 Å². The fourth-order valence-electron chi connectivity index (χ4n) is 2.67. The van der Waals surface area contributed by atoms with Crippen LogP contribution in [0.1, 0.15) is 5.56 Å². The van der Waals surface area contributed by atoms with E-state index in [1.54, 1.807) is 13.0 Å². The second-order valence-corrected chi connectivity index (χ2v) is 6.84. The highest BCUT2D eigenvalue weighted by molar-refractivity contribution is 7.99. The average Bonchev–Trinajstić information content (AvgIpc) is 3.29. The van der Waals surface area contributed by atoms with Gasteiger partial charge in [-0.3, -0.25) is 4.79 Å². The summed E-state index contributed by atoms with van der Waals surface area (Å²) in [5.41, 5.74) is 3.02. The molecule has 0 radical (unpaired) electrons. The van der Waals surface area contributed by atoms with Crippen molar-refractivity contribution in [2.45, 2.75) is 12.1 Å². The third kappa shape index (κ3) is 3.70. The van der Waals surface area contributed by atoms with Gasteiger partial charge in [0, 0.05) is 22.8 Å². The molecule has 6 nitrogen and oxygen atoms in total.